The zero-order valence-electron chi connectivity index (χ0n) is 12.6. The normalized spacial score (nSPS) is 17.5. The van der Waals surface area contributed by atoms with Gasteiger partial charge in [-0.2, -0.15) is 0 Å². The molecule has 0 unspecified atom stereocenters. The summed E-state index contributed by atoms with van der Waals surface area (Å²) >= 11 is 0. The van der Waals surface area contributed by atoms with Gasteiger partial charge in [0, 0.05) is 31.4 Å². The number of pyridine rings is 1. The molecule has 3 heterocycles. The molecule has 3 rings (SSSR count). The van der Waals surface area contributed by atoms with E-state index >= 15 is 0 Å². The van der Waals surface area contributed by atoms with Gasteiger partial charge in [-0.05, 0) is 44.9 Å². The molecule has 1 saturated heterocycles. The van der Waals surface area contributed by atoms with Gasteiger partial charge in [0.25, 0.3) is 5.91 Å². The molecule has 0 spiro atoms. The molecule has 0 saturated carbocycles. The van der Waals surface area contributed by atoms with Crippen LogP contribution >= 0.6 is 0 Å². The number of amides is 1. The summed E-state index contributed by atoms with van der Waals surface area (Å²) in [7, 11) is 0. The molecule has 2 aromatic heterocycles. The van der Waals surface area contributed by atoms with Crippen molar-refractivity contribution in [2.75, 3.05) is 13.1 Å². The van der Waals surface area contributed by atoms with Crippen molar-refractivity contribution in [2.24, 2.45) is 0 Å². The molecule has 2 aromatic rings. The monoisotopic (exact) mass is 286 g/mol. The van der Waals surface area contributed by atoms with Crippen molar-refractivity contribution in [1.82, 2.24) is 20.2 Å². The number of fused-ring (bicyclic) bond motifs is 1. The van der Waals surface area contributed by atoms with Crippen LogP contribution in [0.1, 0.15) is 37.2 Å². The number of nitrogens with one attached hydrogen (secondary N) is 2. The summed E-state index contributed by atoms with van der Waals surface area (Å²) in [4.78, 5) is 22.1. The largest absolute Gasteiger partial charge is 0.349 e. The van der Waals surface area contributed by atoms with Crippen LogP contribution in [0, 0.1) is 0 Å². The first kappa shape index (κ1) is 14.1. The molecule has 0 atom stereocenters. The lowest BCUT2D eigenvalue weighted by Gasteiger charge is -2.34. The summed E-state index contributed by atoms with van der Waals surface area (Å²) < 4.78 is 0. The van der Waals surface area contributed by atoms with E-state index in [2.05, 4.69) is 34.0 Å². The topological polar surface area (TPSA) is 61.0 Å². The lowest BCUT2D eigenvalue weighted by Crippen LogP contribution is -2.46. The molecular weight excluding hydrogens is 264 g/mol. The van der Waals surface area contributed by atoms with Gasteiger partial charge in [-0.1, -0.05) is 0 Å². The van der Waals surface area contributed by atoms with E-state index in [1.54, 1.807) is 6.20 Å². The Hall–Kier alpha value is -1.88. The number of carbonyl (C=O) groups is 1. The quantitative estimate of drug-likeness (QED) is 0.909. The van der Waals surface area contributed by atoms with Crippen molar-refractivity contribution in [3.05, 3.63) is 30.1 Å². The molecule has 5 heteroatoms. The SMILES string of the molecule is CC(C)N1CCC(NC(=O)c2cc3ncccc3[nH]2)CC1. The molecule has 0 radical (unpaired) electrons. The maximum absolute atomic E-state index is 12.3. The van der Waals surface area contributed by atoms with E-state index < -0.39 is 0 Å². The predicted octanol–water partition coefficient (Wildman–Crippen LogP) is 2.17. The Morgan fingerprint density at radius 1 is 1.43 bits per heavy atom. The number of carbonyl (C=O) groups excluding carboxylic acids is 1. The predicted molar refractivity (Wildman–Crippen MR) is 83.3 cm³/mol. The summed E-state index contributed by atoms with van der Waals surface area (Å²) in [5.41, 5.74) is 2.32. The second-order valence-electron chi connectivity index (χ2n) is 6.00. The minimum absolute atomic E-state index is 0.0315. The number of likely N-dealkylation sites (tertiary alicyclic amines) is 1. The van der Waals surface area contributed by atoms with Crippen molar-refractivity contribution >= 4 is 16.9 Å². The molecule has 2 N–H and O–H groups in total. The van der Waals surface area contributed by atoms with Crippen LogP contribution in [0.5, 0.6) is 0 Å². The Balaban J connectivity index is 1.62. The van der Waals surface area contributed by atoms with Gasteiger partial charge in [0.15, 0.2) is 0 Å². The molecule has 1 fully saturated rings. The van der Waals surface area contributed by atoms with Crippen molar-refractivity contribution in [3.8, 4) is 0 Å². The van der Waals surface area contributed by atoms with Crippen LogP contribution in [-0.2, 0) is 0 Å². The van der Waals surface area contributed by atoms with Gasteiger partial charge >= 0.3 is 0 Å². The molecular formula is C16H22N4O. The lowest BCUT2D eigenvalue weighted by molar-refractivity contribution is 0.0896. The summed E-state index contributed by atoms with van der Waals surface area (Å²) in [6.07, 6.45) is 3.77. The van der Waals surface area contributed by atoms with Gasteiger partial charge in [0.05, 0.1) is 11.0 Å². The fourth-order valence-corrected chi connectivity index (χ4v) is 2.90. The minimum Gasteiger partial charge on any atom is -0.349 e. The van der Waals surface area contributed by atoms with Gasteiger partial charge in [-0.25, -0.2) is 0 Å². The Morgan fingerprint density at radius 3 is 2.86 bits per heavy atom. The Morgan fingerprint density at radius 2 is 2.19 bits per heavy atom. The fourth-order valence-electron chi connectivity index (χ4n) is 2.90. The molecule has 1 aliphatic rings. The van der Waals surface area contributed by atoms with E-state index in [1.165, 1.54) is 0 Å². The smallest absolute Gasteiger partial charge is 0.268 e. The maximum Gasteiger partial charge on any atom is 0.268 e. The summed E-state index contributed by atoms with van der Waals surface area (Å²) in [6.45, 7) is 6.54. The van der Waals surface area contributed by atoms with Gasteiger partial charge in [-0.3, -0.25) is 9.78 Å². The van der Waals surface area contributed by atoms with Crippen molar-refractivity contribution in [2.45, 2.75) is 38.8 Å². The van der Waals surface area contributed by atoms with E-state index in [0.29, 0.717) is 11.7 Å². The first-order valence-corrected chi connectivity index (χ1v) is 7.62. The number of H-pyrrole nitrogens is 1. The van der Waals surface area contributed by atoms with Crippen molar-refractivity contribution < 1.29 is 4.79 Å². The summed E-state index contributed by atoms with van der Waals surface area (Å²) in [5, 5.41) is 3.13. The van der Waals surface area contributed by atoms with E-state index in [1.807, 2.05) is 18.2 Å². The molecule has 0 bridgehead atoms. The maximum atomic E-state index is 12.3. The van der Waals surface area contributed by atoms with Crippen LogP contribution in [0.15, 0.2) is 24.4 Å². The molecule has 21 heavy (non-hydrogen) atoms. The Kier molecular flexibility index (Phi) is 3.92. The lowest BCUT2D eigenvalue weighted by atomic mass is 10.0. The molecule has 112 valence electrons. The first-order chi connectivity index (χ1) is 10.1. The van der Waals surface area contributed by atoms with Crippen molar-refractivity contribution in [3.63, 3.8) is 0 Å². The zero-order chi connectivity index (χ0) is 14.8. The van der Waals surface area contributed by atoms with E-state index in [4.69, 9.17) is 0 Å². The van der Waals surface area contributed by atoms with Crippen molar-refractivity contribution in [1.29, 1.82) is 0 Å². The molecule has 5 nitrogen and oxygen atoms in total. The van der Waals surface area contributed by atoms with Gasteiger partial charge in [0.1, 0.15) is 5.69 Å². The third-order valence-electron chi connectivity index (χ3n) is 4.23. The minimum atomic E-state index is -0.0315. The molecule has 1 amide bonds. The van der Waals surface area contributed by atoms with E-state index in [-0.39, 0.29) is 11.9 Å². The summed E-state index contributed by atoms with van der Waals surface area (Å²) in [5.74, 6) is -0.0315. The highest BCUT2D eigenvalue weighted by molar-refractivity contribution is 5.97. The Labute approximate surface area is 124 Å². The van der Waals surface area contributed by atoms with Crippen LogP contribution in [0.2, 0.25) is 0 Å². The highest BCUT2D eigenvalue weighted by Gasteiger charge is 2.22. The van der Waals surface area contributed by atoms with Crippen LogP contribution in [0.4, 0.5) is 0 Å². The standard InChI is InChI=1S/C16H22N4O/c1-11(2)20-8-5-12(6-9-20)18-16(21)15-10-14-13(19-15)4-3-7-17-14/h3-4,7,10-12,19H,5-6,8-9H2,1-2H3,(H,18,21). The number of piperidine rings is 1. The number of hydrogen-bond acceptors (Lipinski definition) is 3. The average Bonchev–Trinajstić information content (AvgIpc) is 2.92. The summed E-state index contributed by atoms with van der Waals surface area (Å²) in [6, 6.07) is 6.46. The van der Waals surface area contributed by atoms with Crippen LogP contribution < -0.4 is 5.32 Å². The average molecular weight is 286 g/mol. The van der Waals surface area contributed by atoms with Crippen LogP contribution in [0.3, 0.4) is 0 Å². The van der Waals surface area contributed by atoms with Gasteiger partial charge in [-0.15, -0.1) is 0 Å². The Bertz CT molecular complexity index is 593. The zero-order valence-corrected chi connectivity index (χ0v) is 12.6. The van der Waals surface area contributed by atoms with Crippen LogP contribution in [0.25, 0.3) is 11.0 Å². The van der Waals surface area contributed by atoms with Crippen LogP contribution in [-0.4, -0.2) is 45.9 Å². The third-order valence-corrected chi connectivity index (χ3v) is 4.23. The second kappa shape index (κ2) is 5.85. The van der Waals surface area contributed by atoms with Gasteiger partial charge < -0.3 is 15.2 Å². The van der Waals surface area contributed by atoms with Gasteiger partial charge in [0.2, 0.25) is 0 Å². The molecule has 1 aliphatic heterocycles. The van der Waals surface area contributed by atoms with E-state index in [9.17, 15) is 4.79 Å². The highest BCUT2D eigenvalue weighted by atomic mass is 16.1. The van der Waals surface area contributed by atoms with E-state index in [0.717, 1.165) is 37.0 Å². The molecule has 0 aromatic carbocycles. The number of hydrogen-bond donors (Lipinski definition) is 2. The molecule has 0 aliphatic carbocycles. The number of aromatic nitrogens is 2. The fraction of sp³-hybridized carbons (Fsp3) is 0.500. The third kappa shape index (κ3) is 3.08. The first-order valence-electron chi connectivity index (χ1n) is 7.62. The highest BCUT2D eigenvalue weighted by Crippen LogP contribution is 2.15. The second-order valence-corrected chi connectivity index (χ2v) is 6.00. The number of nitrogens with zero attached hydrogens (tertiary/aromatic N) is 2. The number of rotatable bonds is 3. The number of aromatic amines is 1.